The highest BCUT2D eigenvalue weighted by atomic mass is 16.2. The Balaban J connectivity index is 1.72. The minimum absolute atomic E-state index is 0.0540. The molecule has 6 nitrogen and oxygen atoms in total. The fourth-order valence-corrected chi connectivity index (χ4v) is 3.81. The van der Waals surface area contributed by atoms with E-state index in [2.05, 4.69) is 11.1 Å². The van der Waals surface area contributed by atoms with Gasteiger partial charge in [-0.05, 0) is 26.7 Å². The summed E-state index contributed by atoms with van der Waals surface area (Å²) in [7, 11) is 0. The predicted molar refractivity (Wildman–Crippen MR) is 95.8 cm³/mol. The molecule has 0 spiro atoms. The molecule has 0 radical (unpaired) electrons. The number of nitrogens with zero attached hydrogens (tertiary/aromatic N) is 4. The zero-order valence-electron chi connectivity index (χ0n) is 15.4. The number of carbonyl (C=O) groups is 2. The van der Waals surface area contributed by atoms with Gasteiger partial charge in [-0.15, -0.1) is 0 Å². The maximum Gasteiger partial charge on any atom is 0.242 e. The van der Waals surface area contributed by atoms with E-state index in [0.717, 1.165) is 25.1 Å². The molecule has 4 rings (SSSR count). The smallest absolute Gasteiger partial charge is 0.242 e. The van der Waals surface area contributed by atoms with Crippen LogP contribution < -0.4 is 0 Å². The Morgan fingerprint density at radius 1 is 1.32 bits per heavy atom. The first kappa shape index (κ1) is 17.7. The second-order valence-corrected chi connectivity index (χ2v) is 7.32. The molecule has 2 amide bonds. The van der Waals surface area contributed by atoms with E-state index >= 15 is 0 Å². The minimum Gasteiger partial charge on any atom is -0.338 e. The van der Waals surface area contributed by atoms with Crippen molar-refractivity contribution < 1.29 is 9.59 Å². The normalized spacial score (nSPS) is 22.9. The SMILES string of the molecule is CCc1nccn1CC(=O)N1C[C@H]2CC[C@@H](C1)N(CC=C(C)C)C2=O. The van der Waals surface area contributed by atoms with E-state index in [1.54, 1.807) is 6.20 Å². The fraction of sp³-hybridized carbons (Fsp3) is 0.632. The quantitative estimate of drug-likeness (QED) is 0.766. The zero-order chi connectivity index (χ0) is 18.0. The summed E-state index contributed by atoms with van der Waals surface area (Å²) in [6, 6.07) is 0.138. The molecule has 0 aromatic carbocycles. The summed E-state index contributed by atoms with van der Waals surface area (Å²) < 4.78 is 1.91. The number of amides is 2. The van der Waals surface area contributed by atoms with Crippen LogP contribution in [-0.2, 0) is 22.6 Å². The van der Waals surface area contributed by atoms with Gasteiger partial charge in [-0.3, -0.25) is 9.59 Å². The van der Waals surface area contributed by atoms with Gasteiger partial charge < -0.3 is 14.4 Å². The van der Waals surface area contributed by atoms with Crippen molar-refractivity contribution in [3.05, 3.63) is 29.9 Å². The molecule has 3 saturated heterocycles. The number of piperidine rings is 1. The summed E-state index contributed by atoms with van der Waals surface area (Å²) in [4.78, 5) is 33.7. The van der Waals surface area contributed by atoms with Crippen LogP contribution in [0.3, 0.4) is 0 Å². The number of aryl methyl sites for hydroxylation is 1. The molecule has 2 bridgehead atoms. The lowest BCUT2D eigenvalue weighted by Crippen LogP contribution is -2.48. The first-order valence-corrected chi connectivity index (χ1v) is 9.21. The van der Waals surface area contributed by atoms with Crippen molar-refractivity contribution in [1.29, 1.82) is 0 Å². The molecule has 2 atom stereocenters. The molecule has 3 fully saturated rings. The van der Waals surface area contributed by atoms with Gasteiger partial charge in [0.15, 0.2) is 0 Å². The second-order valence-electron chi connectivity index (χ2n) is 7.32. The Morgan fingerprint density at radius 3 is 2.84 bits per heavy atom. The molecule has 0 unspecified atom stereocenters. The van der Waals surface area contributed by atoms with E-state index < -0.39 is 0 Å². The summed E-state index contributed by atoms with van der Waals surface area (Å²) >= 11 is 0. The Morgan fingerprint density at radius 2 is 2.12 bits per heavy atom. The fourth-order valence-electron chi connectivity index (χ4n) is 3.81. The number of imidazole rings is 1. The van der Waals surface area contributed by atoms with Gasteiger partial charge in [0.25, 0.3) is 0 Å². The third-order valence-corrected chi connectivity index (χ3v) is 5.27. The van der Waals surface area contributed by atoms with Crippen LogP contribution in [0.4, 0.5) is 0 Å². The van der Waals surface area contributed by atoms with Crippen molar-refractivity contribution in [2.75, 3.05) is 19.6 Å². The van der Waals surface area contributed by atoms with Crippen molar-refractivity contribution in [3.63, 3.8) is 0 Å². The van der Waals surface area contributed by atoms with E-state index in [1.165, 1.54) is 5.57 Å². The van der Waals surface area contributed by atoms with Crippen molar-refractivity contribution in [1.82, 2.24) is 19.4 Å². The summed E-state index contributed by atoms with van der Waals surface area (Å²) in [5.41, 5.74) is 1.22. The summed E-state index contributed by atoms with van der Waals surface area (Å²) in [5.74, 6) is 1.16. The first-order valence-electron chi connectivity index (χ1n) is 9.21. The maximum atomic E-state index is 12.8. The van der Waals surface area contributed by atoms with E-state index in [1.807, 2.05) is 41.3 Å². The van der Waals surface area contributed by atoms with Crippen LogP contribution >= 0.6 is 0 Å². The van der Waals surface area contributed by atoms with Gasteiger partial charge in [0, 0.05) is 44.5 Å². The molecular weight excluding hydrogens is 316 g/mol. The van der Waals surface area contributed by atoms with Gasteiger partial charge in [0.2, 0.25) is 11.8 Å². The van der Waals surface area contributed by atoms with E-state index in [9.17, 15) is 9.59 Å². The third-order valence-electron chi connectivity index (χ3n) is 5.27. The number of fused-ring (bicyclic) bond motifs is 4. The highest BCUT2D eigenvalue weighted by Gasteiger charge is 2.41. The van der Waals surface area contributed by atoms with E-state index in [0.29, 0.717) is 26.2 Å². The van der Waals surface area contributed by atoms with E-state index in [-0.39, 0.29) is 23.8 Å². The van der Waals surface area contributed by atoms with Crippen LogP contribution in [-0.4, -0.2) is 56.8 Å². The molecule has 6 heteroatoms. The van der Waals surface area contributed by atoms with Crippen molar-refractivity contribution in [3.8, 4) is 0 Å². The standard InChI is InChI=1S/C19H28N4O2/c1-4-17-20-8-10-21(17)13-18(24)22-11-15-5-6-16(12-22)23(19(15)25)9-7-14(2)3/h7-8,10,15-16H,4-6,9,11-13H2,1-3H3/t15-,16+/m1/s1. The number of hydrogen-bond donors (Lipinski definition) is 0. The molecule has 1 aromatic heterocycles. The Kier molecular flexibility index (Phi) is 5.25. The number of aromatic nitrogens is 2. The van der Waals surface area contributed by atoms with E-state index in [4.69, 9.17) is 0 Å². The lowest BCUT2D eigenvalue weighted by molar-refractivity contribution is -0.139. The molecular formula is C19H28N4O2. The summed E-state index contributed by atoms with van der Waals surface area (Å²) in [5, 5.41) is 0. The average Bonchev–Trinajstić information content (AvgIpc) is 2.84. The Bertz CT molecular complexity index is 675. The monoisotopic (exact) mass is 344 g/mol. The van der Waals surface area contributed by atoms with Crippen LogP contribution in [0.5, 0.6) is 0 Å². The molecule has 3 aliphatic heterocycles. The molecule has 1 aromatic rings. The minimum atomic E-state index is -0.0540. The molecule has 0 saturated carbocycles. The second kappa shape index (κ2) is 7.42. The Labute approximate surface area is 149 Å². The van der Waals surface area contributed by atoms with Gasteiger partial charge in [-0.25, -0.2) is 4.98 Å². The predicted octanol–water partition coefficient (Wildman–Crippen LogP) is 1.86. The number of rotatable bonds is 5. The topological polar surface area (TPSA) is 58.4 Å². The maximum absolute atomic E-state index is 12.8. The molecule has 0 aliphatic carbocycles. The highest BCUT2D eigenvalue weighted by molar-refractivity contribution is 5.83. The number of carbonyl (C=O) groups excluding carboxylic acids is 2. The summed E-state index contributed by atoms with van der Waals surface area (Å²) in [6.45, 7) is 8.30. The van der Waals surface area contributed by atoms with Gasteiger partial charge in [-0.1, -0.05) is 18.6 Å². The van der Waals surface area contributed by atoms with Crippen LogP contribution in [0.25, 0.3) is 0 Å². The van der Waals surface area contributed by atoms with Gasteiger partial charge in [0.05, 0.1) is 5.92 Å². The van der Waals surface area contributed by atoms with Crippen molar-refractivity contribution >= 4 is 11.8 Å². The average molecular weight is 344 g/mol. The zero-order valence-corrected chi connectivity index (χ0v) is 15.4. The first-order chi connectivity index (χ1) is 12.0. The van der Waals surface area contributed by atoms with Crippen LogP contribution in [0, 0.1) is 5.92 Å². The molecule has 25 heavy (non-hydrogen) atoms. The van der Waals surface area contributed by atoms with Crippen LogP contribution in [0.15, 0.2) is 24.0 Å². The van der Waals surface area contributed by atoms with Gasteiger partial charge in [-0.2, -0.15) is 0 Å². The van der Waals surface area contributed by atoms with Crippen LogP contribution in [0.1, 0.15) is 39.4 Å². The van der Waals surface area contributed by atoms with Gasteiger partial charge in [0.1, 0.15) is 12.4 Å². The number of allylic oxidation sites excluding steroid dienone is 1. The summed E-state index contributed by atoms with van der Waals surface area (Å²) in [6.07, 6.45) is 8.38. The molecule has 0 N–H and O–H groups in total. The lowest BCUT2D eigenvalue weighted by atomic mass is 9.94. The lowest BCUT2D eigenvalue weighted by Gasteiger charge is -2.35. The third kappa shape index (κ3) is 3.78. The Hall–Kier alpha value is -2.11. The van der Waals surface area contributed by atoms with Crippen LogP contribution in [0.2, 0.25) is 0 Å². The molecule has 3 aliphatic rings. The van der Waals surface area contributed by atoms with Crippen molar-refractivity contribution in [2.24, 2.45) is 5.92 Å². The number of hydrogen-bond acceptors (Lipinski definition) is 3. The molecule has 4 heterocycles. The van der Waals surface area contributed by atoms with Gasteiger partial charge >= 0.3 is 0 Å². The molecule has 136 valence electrons. The highest BCUT2D eigenvalue weighted by Crippen LogP contribution is 2.29. The van der Waals surface area contributed by atoms with Crippen molar-refractivity contribution in [2.45, 2.75) is 52.6 Å². The largest absolute Gasteiger partial charge is 0.338 e.